The van der Waals surface area contributed by atoms with Gasteiger partial charge in [-0.1, -0.05) is 35.9 Å². The second-order valence-corrected chi connectivity index (χ2v) is 8.17. The third-order valence-electron chi connectivity index (χ3n) is 4.34. The molecule has 8 nitrogen and oxygen atoms in total. The van der Waals surface area contributed by atoms with Crippen molar-refractivity contribution in [3.05, 3.63) is 80.7 Å². The number of thiophene rings is 1. The third-order valence-corrected chi connectivity index (χ3v) is 6.10. The number of fused-ring (bicyclic) bond motifs is 1. The van der Waals surface area contributed by atoms with E-state index in [9.17, 15) is 14.9 Å². The van der Waals surface area contributed by atoms with Crippen molar-refractivity contribution in [2.24, 2.45) is 0 Å². The van der Waals surface area contributed by atoms with Gasteiger partial charge in [0.2, 0.25) is 0 Å². The molecule has 0 unspecified atom stereocenters. The Morgan fingerprint density at radius 3 is 2.60 bits per heavy atom. The van der Waals surface area contributed by atoms with E-state index in [1.54, 1.807) is 6.08 Å². The van der Waals surface area contributed by atoms with E-state index in [2.05, 4.69) is 21.5 Å². The van der Waals surface area contributed by atoms with E-state index < -0.39 is 4.92 Å². The zero-order valence-corrected chi connectivity index (χ0v) is 17.4. The standard InChI is InChI=1S/C20H15N5O3S2/c1-3-8-24-18(26)16-15(13-6-4-12(2)5-7-13)11-29-17(16)23-20(24)30-19-21-9-14(10-22-19)25(27)28/h3-7,9-11H,1,8H2,2H3. The Morgan fingerprint density at radius 2 is 1.97 bits per heavy atom. The summed E-state index contributed by atoms with van der Waals surface area (Å²) in [5, 5.41) is 13.9. The first-order chi connectivity index (χ1) is 14.5. The predicted octanol–water partition coefficient (Wildman–Crippen LogP) is 4.47. The van der Waals surface area contributed by atoms with Crippen molar-refractivity contribution in [1.29, 1.82) is 0 Å². The van der Waals surface area contributed by atoms with Gasteiger partial charge in [-0.15, -0.1) is 17.9 Å². The van der Waals surface area contributed by atoms with Gasteiger partial charge in [0.05, 0.1) is 10.3 Å². The minimum absolute atomic E-state index is 0.180. The lowest BCUT2D eigenvalue weighted by Gasteiger charge is -2.10. The van der Waals surface area contributed by atoms with Gasteiger partial charge >= 0.3 is 5.69 Å². The number of nitrogens with zero attached hydrogens (tertiary/aromatic N) is 5. The van der Waals surface area contributed by atoms with Crippen LogP contribution in [-0.4, -0.2) is 24.4 Å². The molecular weight excluding hydrogens is 422 g/mol. The van der Waals surface area contributed by atoms with E-state index >= 15 is 0 Å². The SMILES string of the molecule is C=CCn1c(Sc2ncc([N+](=O)[O-])cn2)nc2scc(-c3ccc(C)cc3)c2c1=O. The molecule has 4 aromatic rings. The Labute approximate surface area is 179 Å². The average Bonchev–Trinajstić information content (AvgIpc) is 3.16. The molecular formula is C20H15N5O3S2. The number of nitro groups is 1. The van der Waals surface area contributed by atoms with Gasteiger partial charge in [-0.3, -0.25) is 19.5 Å². The third kappa shape index (κ3) is 3.74. The van der Waals surface area contributed by atoms with Crippen molar-refractivity contribution in [2.45, 2.75) is 23.8 Å². The monoisotopic (exact) mass is 437 g/mol. The maximum absolute atomic E-state index is 13.3. The van der Waals surface area contributed by atoms with Gasteiger partial charge in [-0.2, -0.15) is 0 Å². The summed E-state index contributed by atoms with van der Waals surface area (Å²) in [5.74, 6) is 0. The van der Waals surface area contributed by atoms with Gasteiger partial charge in [0.1, 0.15) is 17.2 Å². The Morgan fingerprint density at radius 1 is 1.27 bits per heavy atom. The number of allylic oxidation sites excluding steroid dienone is 1. The van der Waals surface area contributed by atoms with E-state index in [1.807, 2.05) is 36.6 Å². The molecule has 0 radical (unpaired) electrons. The predicted molar refractivity (Wildman–Crippen MR) is 117 cm³/mol. The first-order valence-corrected chi connectivity index (χ1v) is 10.5. The van der Waals surface area contributed by atoms with Gasteiger partial charge in [0, 0.05) is 17.5 Å². The van der Waals surface area contributed by atoms with Crippen molar-refractivity contribution in [2.75, 3.05) is 0 Å². The van der Waals surface area contributed by atoms with Crippen LogP contribution in [0.4, 0.5) is 5.69 Å². The van der Waals surface area contributed by atoms with Crippen LogP contribution in [0.5, 0.6) is 0 Å². The molecule has 0 bridgehead atoms. The molecule has 150 valence electrons. The molecule has 10 heteroatoms. The lowest BCUT2D eigenvalue weighted by Crippen LogP contribution is -2.22. The molecule has 3 aromatic heterocycles. The summed E-state index contributed by atoms with van der Waals surface area (Å²) in [6, 6.07) is 7.98. The summed E-state index contributed by atoms with van der Waals surface area (Å²) in [7, 11) is 0. The molecule has 0 aliphatic heterocycles. The fraction of sp³-hybridized carbons (Fsp3) is 0.100. The van der Waals surface area contributed by atoms with Crippen LogP contribution < -0.4 is 5.56 Å². The molecule has 3 heterocycles. The molecule has 0 saturated heterocycles. The zero-order chi connectivity index (χ0) is 21.3. The normalized spacial score (nSPS) is 11.0. The number of rotatable bonds is 6. The number of aryl methyl sites for hydroxylation is 1. The van der Waals surface area contributed by atoms with Crippen molar-refractivity contribution in [3.8, 4) is 11.1 Å². The summed E-state index contributed by atoms with van der Waals surface area (Å²) in [6.45, 7) is 6.01. The van der Waals surface area contributed by atoms with E-state index in [-0.39, 0.29) is 22.9 Å². The first kappa shape index (κ1) is 19.9. The van der Waals surface area contributed by atoms with Crippen LogP contribution in [0.1, 0.15) is 5.56 Å². The minimum Gasteiger partial charge on any atom is -0.283 e. The summed E-state index contributed by atoms with van der Waals surface area (Å²) in [4.78, 5) is 36.8. The number of hydrogen-bond acceptors (Lipinski definition) is 8. The molecule has 0 fully saturated rings. The number of aromatic nitrogens is 4. The molecule has 0 amide bonds. The van der Waals surface area contributed by atoms with Gasteiger partial charge in [0.25, 0.3) is 5.56 Å². The highest BCUT2D eigenvalue weighted by Gasteiger charge is 2.18. The minimum atomic E-state index is -0.565. The molecule has 0 aliphatic rings. The summed E-state index contributed by atoms with van der Waals surface area (Å²) < 4.78 is 1.51. The Hall–Kier alpha value is -3.37. The van der Waals surface area contributed by atoms with Crippen LogP contribution in [0, 0.1) is 17.0 Å². The average molecular weight is 438 g/mol. The van der Waals surface area contributed by atoms with Crippen molar-refractivity contribution in [3.63, 3.8) is 0 Å². The zero-order valence-electron chi connectivity index (χ0n) is 15.8. The second-order valence-electron chi connectivity index (χ2n) is 6.38. The maximum Gasteiger partial charge on any atom is 0.305 e. The van der Waals surface area contributed by atoms with Crippen LogP contribution in [0.3, 0.4) is 0 Å². The highest BCUT2D eigenvalue weighted by Crippen LogP contribution is 2.33. The Balaban J connectivity index is 1.82. The first-order valence-electron chi connectivity index (χ1n) is 8.82. The lowest BCUT2D eigenvalue weighted by atomic mass is 10.1. The van der Waals surface area contributed by atoms with Crippen molar-refractivity contribution >= 4 is 39.0 Å². The Bertz CT molecular complexity index is 1310. The van der Waals surface area contributed by atoms with Crippen LogP contribution in [0.2, 0.25) is 0 Å². The lowest BCUT2D eigenvalue weighted by molar-refractivity contribution is -0.385. The molecule has 0 spiro atoms. The van der Waals surface area contributed by atoms with Gasteiger partial charge in [-0.05, 0) is 24.2 Å². The van der Waals surface area contributed by atoms with Gasteiger partial charge in [-0.25, -0.2) is 15.0 Å². The fourth-order valence-electron chi connectivity index (χ4n) is 2.86. The van der Waals surface area contributed by atoms with E-state index in [1.165, 1.54) is 15.9 Å². The summed E-state index contributed by atoms with van der Waals surface area (Å²) in [6.07, 6.45) is 3.88. The highest BCUT2D eigenvalue weighted by atomic mass is 32.2. The van der Waals surface area contributed by atoms with Crippen LogP contribution in [0.15, 0.2) is 69.8 Å². The topological polar surface area (TPSA) is 104 Å². The molecule has 0 saturated carbocycles. The Kier molecular flexibility index (Phi) is 5.42. The van der Waals surface area contributed by atoms with E-state index in [0.29, 0.717) is 15.4 Å². The number of benzene rings is 1. The molecule has 0 N–H and O–H groups in total. The highest BCUT2D eigenvalue weighted by molar-refractivity contribution is 7.99. The molecule has 0 atom stereocenters. The van der Waals surface area contributed by atoms with Crippen LogP contribution in [0.25, 0.3) is 21.3 Å². The number of hydrogen-bond donors (Lipinski definition) is 0. The molecule has 0 aliphatic carbocycles. The van der Waals surface area contributed by atoms with Crippen LogP contribution >= 0.6 is 23.1 Å². The molecule has 4 rings (SSSR count). The van der Waals surface area contributed by atoms with Gasteiger partial charge in [0.15, 0.2) is 10.3 Å². The quantitative estimate of drug-likeness (QED) is 0.190. The smallest absolute Gasteiger partial charge is 0.283 e. The van der Waals surface area contributed by atoms with Crippen LogP contribution in [-0.2, 0) is 6.54 Å². The summed E-state index contributed by atoms with van der Waals surface area (Å²) in [5.41, 5.74) is 2.55. The molecule has 1 aromatic carbocycles. The fourth-order valence-corrected chi connectivity index (χ4v) is 4.63. The molecule has 30 heavy (non-hydrogen) atoms. The van der Waals surface area contributed by atoms with Crippen molar-refractivity contribution < 1.29 is 4.92 Å². The van der Waals surface area contributed by atoms with E-state index in [4.69, 9.17) is 0 Å². The van der Waals surface area contributed by atoms with Crippen molar-refractivity contribution in [1.82, 2.24) is 19.5 Å². The maximum atomic E-state index is 13.3. The summed E-state index contributed by atoms with van der Waals surface area (Å²) >= 11 is 2.47. The second kappa shape index (κ2) is 8.17. The largest absolute Gasteiger partial charge is 0.305 e. The van der Waals surface area contributed by atoms with Gasteiger partial charge < -0.3 is 0 Å². The van der Waals surface area contributed by atoms with E-state index in [0.717, 1.165) is 40.8 Å².